The van der Waals surface area contributed by atoms with Gasteiger partial charge in [-0.25, -0.2) is 0 Å². The maximum atomic E-state index is 12.3. The van der Waals surface area contributed by atoms with Gasteiger partial charge in [0, 0.05) is 18.7 Å². The third-order valence-corrected chi connectivity index (χ3v) is 3.61. The molecule has 1 aromatic rings. The number of carbonyl (C=O) groups is 2. The summed E-state index contributed by atoms with van der Waals surface area (Å²) in [5.41, 5.74) is 4.87. The van der Waals surface area contributed by atoms with E-state index in [1.807, 2.05) is 0 Å². The number of aliphatic hydroxyl groups is 1. The first-order valence-corrected chi connectivity index (χ1v) is 6.90. The number of amides is 2. The highest BCUT2D eigenvalue weighted by atomic mass is 16.5. The fourth-order valence-corrected chi connectivity index (χ4v) is 2.22. The van der Waals surface area contributed by atoms with Crippen LogP contribution in [0.25, 0.3) is 0 Å². The van der Waals surface area contributed by atoms with Gasteiger partial charge in [0.25, 0.3) is 11.8 Å². The first kappa shape index (κ1) is 15.3. The zero-order chi connectivity index (χ0) is 15.5. The minimum Gasteiger partial charge on any atom is -0.484 e. The number of nitrogens with zero attached hydrogens (tertiary/aromatic N) is 1. The summed E-state index contributed by atoms with van der Waals surface area (Å²) in [4.78, 5) is 24.7. The predicted molar refractivity (Wildman–Crippen MR) is 76.9 cm³/mol. The van der Waals surface area contributed by atoms with Crippen molar-refractivity contribution in [2.45, 2.75) is 25.4 Å². The zero-order valence-corrected chi connectivity index (χ0v) is 12.0. The Morgan fingerprint density at radius 2 is 1.86 bits per heavy atom. The molecule has 1 heterocycles. The summed E-state index contributed by atoms with van der Waals surface area (Å²) in [7, 11) is 0. The smallest absolute Gasteiger partial charge is 0.255 e. The molecule has 0 aromatic heterocycles. The summed E-state index contributed by atoms with van der Waals surface area (Å²) in [6, 6.07) is 6.59. The molecule has 6 nitrogen and oxygen atoms in total. The third kappa shape index (κ3) is 4.19. The zero-order valence-electron chi connectivity index (χ0n) is 12.0. The van der Waals surface area contributed by atoms with E-state index in [9.17, 15) is 14.7 Å². The fourth-order valence-electron chi connectivity index (χ4n) is 2.22. The van der Waals surface area contributed by atoms with Crippen LogP contribution in [0.15, 0.2) is 24.3 Å². The van der Waals surface area contributed by atoms with Crippen LogP contribution in [0.5, 0.6) is 5.75 Å². The van der Waals surface area contributed by atoms with Crippen molar-refractivity contribution >= 4 is 11.8 Å². The highest BCUT2D eigenvalue weighted by Crippen LogP contribution is 2.23. The molecule has 0 atom stereocenters. The van der Waals surface area contributed by atoms with Crippen LogP contribution in [0.4, 0.5) is 0 Å². The number of benzene rings is 1. The molecule has 1 saturated heterocycles. The van der Waals surface area contributed by atoms with Crippen molar-refractivity contribution in [2.24, 2.45) is 5.73 Å². The molecule has 0 unspecified atom stereocenters. The Bertz CT molecular complexity index is 515. The highest BCUT2D eigenvalue weighted by molar-refractivity contribution is 5.94. The molecular weight excluding hydrogens is 272 g/mol. The number of piperidine rings is 1. The van der Waals surface area contributed by atoms with Crippen molar-refractivity contribution in [3.63, 3.8) is 0 Å². The molecule has 0 bridgehead atoms. The van der Waals surface area contributed by atoms with Crippen LogP contribution in [0.3, 0.4) is 0 Å². The Labute approximate surface area is 123 Å². The predicted octanol–water partition coefficient (Wildman–Crippen LogP) is 0.538. The summed E-state index contributed by atoms with van der Waals surface area (Å²) in [6.45, 7) is 2.70. The number of ether oxygens (including phenoxy) is 1. The van der Waals surface area contributed by atoms with Gasteiger partial charge in [-0.3, -0.25) is 9.59 Å². The molecule has 21 heavy (non-hydrogen) atoms. The molecule has 1 fully saturated rings. The van der Waals surface area contributed by atoms with Crippen LogP contribution in [-0.4, -0.2) is 47.1 Å². The molecule has 2 rings (SSSR count). The van der Waals surface area contributed by atoms with Gasteiger partial charge in [0.2, 0.25) is 0 Å². The molecule has 1 aliphatic heterocycles. The van der Waals surface area contributed by atoms with Gasteiger partial charge in [0.05, 0.1) is 5.60 Å². The topological polar surface area (TPSA) is 92.9 Å². The van der Waals surface area contributed by atoms with Crippen LogP contribution < -0.4 is 10.5 Å². The van der Waals surface area contributed by atoms with Gasteiger partial charge in [0.15, 0.2) is 6.61 Å². The van der Waals surface area contributed by atoms with Crippen molar-refractivity contribution in [1.29, 1.82) is 0 Å². The van der Waals surface area contributed by atoms with E-state index < -0.39 is 11.5 Å². The molecule has 3 N–H and O–H groups in total. The Hall–Kier alpha value is -2.08. The molecule has 0 spiro atoms. The van der Waals surface area contributed by atoms with E-state index in [1.165, 1.54) is 0 Å². The van der Waals surface area contributed by atoms with Gasteiger partial charge in [-0.15, -0.1) is 0 Å². The van der Waals surface area contributed by atoms with E-state index in [0.717, 1.165) is 0 Å². The van der Waals surface area contributed by atoms with Gasteiger partial charge in [-0.2, -0.15) is 0 Å². The SMILES string of the molecule is CC1(O)CCN(C(=O)c2ccc(OCC(N)=O)cc2)CC1. The number of hydrogen-bond acceptors (Lipinski definition) is 4. The van der Waals surface area contributed by atoms with Crippen molar-refractivity contribution in [2.75, 3.05) is 19.7 Å². The lowest BCUT2D eigenvalue weighted by Gasteiger charge is -2.35. The molecule has 2 amide bonds. The molecule has 0 radical (unpaired) electrons. The second-order valence-corrected chi connectivity index (χ2v) is 5.57. The van der Waals surface area contributed by atoms with Gasteiger partial charge >= 0.3 is 0 Å². The van der Waals surface area contributed by atoms with Gasteiger partial charge in [-0.1, -0.05) is 0 Å². The molecule has 114 valence electrons. The van der Waals surface area contributed by atoms with E-state index >= 15 is 0 Å². The normalized spacial score (nSPS) is 17.3. The summed E-state index contributed by atoms with van der Waals surface area (Å²) in [5, 5.41) is 9.89. The minimum absolute atomic E-state index is 0.0630. The maximum absolute atomic E-state index is 12.3. The Balaban J connectivity index is 1.95. The van der Waals surface area contributed by atoms with Gasteiger partial charge in [-0.05, 0) is 44.0 Å². The standard InChI is InChI=1S/C15H20N2O4/c1-15(20)6-8-17(9-7-15)14(19)11-2-4-12(5-3-11)21-10-13(16)18/h2-5,20H,6-10H2,1H3,(H2,16,18). The Morgan fingerprint density at radius 1 is 1.29 bits per heavy atom. The average molecular weight is 292 g/mol. The fraction of sp³-hybridized carbons (Fsp3) is 0.467. The largest absolute Gasteiger partial charge is 0.484 e. The highest BCUT2D eigenvalue weighted by Gasteiger charge is 2.29. The minimum atomic E-state index is -0.677. The monoisotopic (exact) mass is 292 g/mol. The number of carbonyl (C=O) groups excluding carboxylic acids is 2. The second kappa shape index (κ2) is 6.13. The Kier molecular flexibility index (Phi) is 4.47. The number of primary amides is 1. The quantitative estimate of drug-likeness (QED) is 0.847. The number of likely N-dealkylation sites (tertiary alicyclic amines) is 1. The maximum Gasteiger partial charge on any atom is 0.255 e. The lowest BCUT2D eigenvalue weighted by molar-refractivity contribution is -0.119. The first-order valence-electron chi connectivity index (χ1n) is 6.90. The first-order chi connectivity index (χ1) is 9.87. The summed E-state index contributed by atoms with van der Waals surface area (Å²) >= 11 is 0. The number of hydrogen-bond donors (Lipinski definition) is 2. The number of rotatable bonds is 4. The van der Waals surface area contributed by atoms with Crippen molar-refractivity contribution in [1.82, 2.24) is 4.90 Å². The van der Waals surface area contributed by atoms with E-state index in [1.54, 1.807) is 36.1 Å². The van der Waals surface area contributed by atoms with Crippen molar-refractivity contribution in [3.05, 3.63) is 29.8 Å². The second-order valence-electron chi connectivity index (χ2n) is 5.57. The molecule has 0 aliphatic carbocycles. The van der Waals surface area contributed by atoms with Crippen LogP contribution in [0.2, 0.25) is 0 Å². The van der Waals surface area contributed by atoms with Crippen molar-refractivity contribution < 1.29 is 19.4 Å². The van der Waals surface area contributed by atoms with Crippen LogP contribution in [0.1, 0.15) is 30.1 Å². The van der Waals surface area contributed by atoms with E-state index in [4.69, 9.17) is 10.5 Å². The van der Waals surface area contributed by atoms with E-state index in [0.29, 0.717) is 37.2 Å². The van der Waals surface area contributed by atoms with Gasteiger partial charge < -0.3 is 20.5 Å². The summed E-state index contributed by atoms with van der Waals surface area (Å²) in [5.74, 6) is -0.116. The number of nitrogens with two attached hydrogens (primary N) is 1. The third-order valence-electron chi connectivity index (χ3n) is 3.61. The molecule has 1 aliphatic rings. The van der Waals surface area contributed by atoms with Crippen LogP contribution in [0, 0.1) is 0 Å². The Morgan fingerprint density at radius 3 is 2.38 bits per heavy atom. The van der Waals surface area contributed by atoms with Crippen LogP contribution in [-0.2, 0) is 4.79 Å². The van der Waals surface area contributed by atoms with E-state index in [2.05, 4.69) is 0 Å². The van der Waals surface area contributed by atoms with Gasteiger partial charge in [0.1, 0.15) is 5.75 Å². The lowest BCUT2D eigenvalue weighted by Crippen LogP contribution is -2.45. The molecule has 6 heteroatoms. The van der Waals surface area contributed by atoms with Crippen molar-refractivity contribution in [3.8, 4) is 5.75 Å². The average Bonchev–Trinajstić information content (AvgIpc) is 2.45. The molecule has 1 aromatic carbocycles. The lowest BCUT2D eigenvalue weighted by atomic mass is 9.93. The summed E-state index contributed by atoms with van der Waals surface area (Å²) < 4.78 is 5.14. The van der Waals surface area contributed by atoms with E-state index in [-0.39, 0.29) is 12.5 Å². The molecule has 0 saturated carbocycles. The molecular formula is C15H20N2O4. The summed E-state index contributed by atoms with van der Waals surface area (Å²) in [6.07, 6.45) is 1.16. The van der Waals surface area contributed by atoms with Crippen LogP contribution >= 0.6 is 0 Å².